The Balaban J connectivity index is 2.21. The van der Waals surface area contributed by atoms with Crippen LogP contribution in [0.1, 0.15) is 12.8 Å². The molecular formula is C8H11NO3. The number of esters is 1. The molecule has 0 aromatic carbocycles. The Labute approximate surface area is 70.5 Å². The highest BCUT2D eigenvalue weighted by Gasteiger charge is 2.53. The van der Waals surface area contributed by atoms with Crippen LogP contribution in [0.25, 0.3) is 0 Å². The molecule has 1 unspecified atom stereocenters. The molecule has 0 amide bonds. The molecule has 0 bridgehead atoms. The molecule has 2 aliphatic rings. The van der Waals surface area contributed by atoms with E-state index in [1.54, 1.807) is 12.3 Å². The third-order valence-electron chi connectivity index (χ3n) is 2.32. The van der Waals surface area contributed by atoms with E-state index in [4.69, 9.17) is 4.84 Å². The van der Waals surface area contributed by atoms with E-state index < -0.39 is 5.60 Å². The van der Waals surface area contributed by atoms with Crippen LogP contribution in [0.2, 0.25) is 0 Å². The van der Waals surface area contributed by atoms with Crippen LogP contribution < -0.4 is 5.48 Å². The Morgan fingerprint density at radius 3 is 2.92 bits per heavy atom. The van der Waals surface area contributed by atoms with Gasteiger partial charge in [-0.2, -0.15) is 0 Å². The molecule has 0 saturated heterocycles. The topological polar surface area (TPSA) is 47.6 Å². The second kappa shape index (κ2) is 2.48. The van der Waals surface area contributed by atoms with Gasteiger partial charge in [-0.3, -0.25) is 10.3 Å². The second-order valence-corrected chi connectivity index (χ2v) is 3.11. The van der Waals surface area contributed by atoms with Crippen LogP contribution in [-0.2, 0) is 14.4 Å². The van der Waals surface area contributed by atoms with Crippen LogP contribution in [0.5, 0.6) is 0 Å². The lowest BCUT2D eigenvalue weighted by molar-refractivity contribution is -0.168. The molecule has 1 saturated carbocycles. The van der Waals surface area contributed by atoms with Crippen molar-refractivity contribution in [3.8, 4) is 0 Å². The van der Waals surface area contributed by atoms with E-state index in [0.717, 1.165) is 12.8 Å². The summed E-state index contributed by atoms with van der Waals surface area (Å²) in [5.74, 6) is -0.0255. The van der Waals surface area contributed by atoms with Gasteiger partial charge in [-0.1, -0.05) is 0 Å². The van der Waals surface area contributed by atoms with Gasteiger partial charge < -0.3 is 4.74 Å². The number of hydrogen-bond donors (Lipinski definition) is 1. The van der Waals surface area contributed by atoms with Crippen LogP contribution in [0.3, 0.4) is 0 Å². The Bertz CT molecular complexity index is 234. The van der Waals surface area contributed by atoms with E-state index in [-0.39, 0.29) is 11.9 Å². The number of ether oxygens (including phenoxy) is 1. The zero-order chi connectivity index (χ0) is 8.60. The minimum Gasteiger partial charge on any atom is -0.467 e. The smallest absolute Gasteiger partial charge is 0.345 e. The first kappa shape index (κ1) is 7.61. The van der Waals surface area contributed by atoms with Crippen molar-refractivity contribution < 1.29 is 14.4 Å². The zero-order valence-corrected chi connectivity index (χ0v) is 6.87. The average molecular weight is 169 g/mol. The number of carbonyl (C=O) groups excluding carboxylic acids is 1. The first-order valence-electron chi connectivity index (χ1n) is 3.99. The van der Waals surface area contributed by atoms with Crippen molar-refractivity contribution in [3.63, 3.8) is 0 Å². The van der Waals surface area contributed by atoms with Gasteiger partial charge in [-0.25, -0.2) is 4.79 Å². The number of hydroxylamine groups is 1. The number of carbonyl (C=O) groups is 1. The molecule has 1 heterocycles. The fourth-order valence-corrected chi connectivity index (χ4v) is 1.49. The van der Waals surface area contributed by atoms with Crippen molar-refractivity contribution in [1.29, 1.82) is 0 Å². The third kappa shape index (κ3) is 0.914. The molecule has 12 heavy (non-hydrogen) atoms. The van der Waals surface area contributed by atoms with Gasteiger partial charge in [0.05, 0.1) is 7.11 Å². The van der Waals surface area contributed by atoms with Crippen LogP contribution >= 0.6 is 0 Å². The minimum atomic E-state index is -0.839. The van der Waals surface area contributed by atoms with E-state index in [0.29, 0.717) is 0 Å². The SMILES string of the molecule is COC(=O)C1(C2CC2)C=CNO1. The molecule has 0 aromatic rings. The monoisotopic (exact) mass is 169 g/mol. The summed E-state index contributed by atoms with van der Waals surface area (Å²) >= 11 is 0. The average Bonchev–Trinajstić information content (AvgIpc) is 2.84. The Morgan fingerprint density at radius 2 is 2.50 bits per heavy atom. The summed E-state index contributed by atoms with van der Waals surface area (Å²) < 4.78 is 4.68. The maximum absolute atomic E-state index is 11.4. The molecule has 4 heteroatoms. The van der Waals surface area contributed by atoms with Gasteiger partial charge in [0.1, 0.15) is 0 Å². The van der Waals surface area contributed by atoms with E-state index >= 15 is 0 Å². The number of nitrogens with one attached hydrogen (secondary N) is 1. The van der Waals surface area contributed by atoms with Crippen LogP contribution in [-0.4, -0.2) is 18.7 Å². The lowest BCUT2D eigenvalue weighted by Gasteiger charge is -2.21. The Kier molecular flexibility index (Phi) is 1.58. The van der Waals surface area contributed by atoms with Gasteiger partial charge in [0.2, 0.25) is 5.60 Å². The number of methoxy groups -OCH3 is 1. The highest BCUT2D eigenvalue weighted by molar-refractivity contribution is 5.83. The fourth-order valence-electron chi connectivity index (χ4n) is 1.49. The molecule has 1 aliphatic carbocycles. The third-order valence-corrected chi connectivity index (χ3v) is 2.32. The van der Waals surface area contributed by atoms with Crippen molar-refractivity contribution in [3.05, 3.63) is 12.3 Å². The molecule has 0 spiro atoms. The largest absolute Gasteiger partial charge is 0.467 e. The van der Waals surface area contributed by atoms with E-state index in [1.165, 1.54) is 7.11 Å². The van der Waals surface area contributed by atoms with Crippen molar-refractivity contribution in [2.24, 2.45) is 5.92 Å². The first-order valence-corrected chi connectivity index (χ1v) is 3.99. The van der Waals surface area contributed by atoms with Crippen molar-refractivity contribution in [2.75, 3.05) is 7.11 Å². The van der Waals surface area contributed by atoms with Crippen LogP contribution in [0.4, 0.5) is 0 Å². The highest BCUT2D eigenvalue weighted by Crippen LogP contribution is 2.44. The molecular weight excluding hydrogens is 158 g/mol. The zero-order valence-electron chi connectivity index (χ0n) is 6.87. The van der Waals surface area contributed by atoms with Gasteiger partial charge in [0.25, 0.3) is 0 Å². The maximum Gasteiger partial charge on any atom is 0.345 e. The summed E-state index contributed by atoms with van der Waals surface area (Å²) in [5, 5.41) is 0. The van der Waals surface area contributed by atoms with E-state index in [1.807, 2.05) is 0 Å². The summed E-state index contributed by atoms with van der Waals surface area (Å²) in [7, 11) is 1.38. The Hall–Kier alpha value is -1.03. The quantitative estimate of drug-likeness (QED) is 0.606. The predicted molar refractivity (Wildman–Crippen MR) is 40.8 cm³/mol. The molecule has 1 aliphatic heterocycles. The van der Waals surface area contributed by atoms with Gasteiger partial charge >= 0.3 is 5.97 Å². The molecule has 66 valence electrons. The molecule has 4 nitrogen and oxygen atoms in total. The van der Waals surface area contributed by atoms with Crippen LogP contribution in [0, 0.1) is 5.92 Å². The number of rotatable bonds is 2. The maximum atomic E-state index is 11.4. The van der Waals surface area contributed by atoms with Crippen molar-refractivity contribution in [2.45, 2.75) is 18.4 Å². The predicted octanol–water partition coefficient (Wildman–Crippen LogP) is 0.357. The highest BCUT2D eigenvalue weighted by atomic mass is 16.7. The summed E-state index contributed by atoms with van der Waals surface area (Å²) in [4.78, 5) is 16.6. The molecule has 0 radical (unpaired) electrons. The lowest BCUT2D eigenvalue weighted by atomic mass is 9.98. The van der Waals surface area contributed by atoms with Gasteiger partial charge in [-0.05, 0) is 18.9 Å². The minimum absolute atomic E-state index is 0.288. The summed E-state index contributed by atoms with van der Waals surface area (Å²) in [6.07, 6.45) is 5.42. The molecule has 1 atom stereocenters. The van der Waals surface area contributed by atoms with Crippen molar-refractivity contribution >= 4 is 5.97 Å². The molecule has 0 aromatic heterocycles. The molecule has 2 rings (SSSR count). The van der Waals surface area contributed by atoms with E-state index in [2.05, 4.69) is 10.2 Å². The first-order chi connectivity index (χ1) is 5.79. The van der Waals surface area contributed by atoms with Crippen molar-refractivity contribution in [1.82, 2.24) is 5.48 Å². The standard InChI is InChI=1S/C8H11NO3/c1-11-7(10)8(6-2-3-6)4-5-9-12-8/h4-6,9H,2-3H2,1H3. The van der Waals surface area contributed by atoms with E-state index in [9.17, 15) is 4.79 Å². The van der Waals surface area contributed by atoms with Gasteiger partial charge in [0, 0.05) is 12.1 Å². The Morgan fingerprint density at radius 1 is 1.75 bits per heavy atom. The molecule has 1 fully saturated rings. The summed E-state index contributed by atoms with van der Waals surface area (Å²) in [6.45, 7) is 0. The van der Waals surface area contributed by atoms with Gasteiger partial charge in [-0.15, -0.1) is 0 Å². The lowest BCUT2D eigenvalue weighted by Crippen LogP contribution is -2.42. The normalized spacial score (nSPS) is 33.1. The fraction of sp³-hybridized carbons (Fsp3) is 0.625. The number of hydrogen-bond acceptors (Lipinski definition) is 4. The summed E-state index contributed by atoms with van der Waals surface area (Å²) in [5.41, 5.74) is 1.73. The molecule has 1 N–H and O–H groups in total. The summed E-state index contributed by atoms with van der Waals surface area (Å²) in [6, 6.07) is 0. The second-order valence-electron chi connectivity index (χ2n) is 3.11. The van der Waals surface area contributed by atoms with Crippen LogP contribution in [0.15, 0.2) is 12.3 Å². The van der Waals surface area contributed by atoms with Gasteiger partial charge in [0.15, 0.2) is 0 Å².